The molecule has 0 radical (unpaired) electrons. The van der Waals surface area contributed by atoms with Crippen molar-refractivity contribution in [1.29, 1.82) is 0 Å². The number of fused-ring (bicyclic) bond motifs is 1. The lowest BCUT2D eigenvalue weighted by molar-refractivity contribution is -0.384. The second kappa shape index (κ2) is 9.77. The number of nitro benzene ring substituents is 1. The van der Waals surface area contributed by atoms with Gasteiger partial charge >= 0.3 is 5.97 Å². The molecule has 2 saturated heterocycles. The topological polar surface area (TPSA) is 130 Å². The summed E-state index contributed by atoms with van der Waals surface area (Å²) < 4.78 is 0.817. The van der Waals surface area contributed by atoms with Gasteiger partial charge in [0.1, 0.15) is 5.54 Å². The second-order valence-corrected chi connectivity index (χ2v) is 10.5. The summed E-state index contributed by atoms with van der Waals surface area (Å²) >= 11 is 3.40. The third-order valence-electron chi connectivity index (χ3n) is 7.50. The first kappa shape index (κ1) is 25.7. The minimum atomic E-state index is -1.82. The molecule has 2 heterocycles. The predicted octanol–water partition coefficient (Wildman–Crippen LogP) is 4.44. The molecular formula is C28H24BrN3O6. The maximum absolute atomic E-state index is 13.9. The van der Waals surface area contributed by atoms with Crippen molar-refractivity contribution < 1.29 is 24.4 Å². The lowest BCUT2D eigenvalue weighted by atomic mass is 9.76. The first-order chi connectivity index (χ1) is 18.2. The van der Waals surface area contributed by atoms with Gasteiger partial charge in [0.15, 0.2) is 0 Å². The van der Waals surface area contributed by atoms with Gasteiger partial charge in [-0.25, -0.2) is 4.90 Å². The number of aliphatic carboxylic acids is 1. The number of non-ortho nitro benzene ring substituents is 1. The van der Waals surface area contributed by atoms with Crippen LogP contribution in [0.3, 0.4) is 0 Å². The Morgan fingerprint density at radius 2 is 1.61 bits per heavy atom. The molecule has 3 aromatic carbocycles. The number of imide groups is 1. The second-order valence-electron chi connectivity index (χ2n) is 9.59. The summed E-state index contributed by atoms with van der Waals surface area (Å²) in [4.78, 5) is 52.5. The van der Waals surface area contributed by atoms with Crippen LogP contribution in [0.15, 0.2) is 77.3 Å². The van der Waals surface area contributed by atoms with Gasteiger partial charge in [0.05, 0.1) is 22.4 Å². The molecule has 38 heavy (non-hydrogen) atoms. The molecule has 9 nitrogen and oxygen atoms in total. The Morgan fingerprint density at radius 3 is 2.16 bits per heavy atom. The molecule has 4 unspecified atom stereocenters. The Kier molecular flexibility index (Phi) is 6.62. The van der Waals surface area contributed by atoms with Crippen LogP contribution in [0.2, 0.25) is 0 Å². The molecule has 2 fully saturated rings. The average Bonchev–Trinajstić information content (AvgIpc) is 3.38. The molecule has 3 aromatic rings. The van der Waals surface area contributed by atoms with Crippen LogP contribution in [0.5, 0.6) is 0 Å². The molecule has 0 saturated carbocycles. The number of carbonyl (C=O) groups excluding carboxylic acids is 2. The summed E-state index contributed by atoms with van der Waals surface area (Å²) in [5.41, 5.74) is 0.669. The molecule has 4 atom stereocenters. The molecule has 10 heteroatoms. The Hall–Kier alpha value is -3.89. The van der Waals surface area contributed by atoms with Crippen molar-refractivity contribution in [2.45, 2.75) is 31.3 Å². The van der Waals surface area contributed by atoms with Crippen LogP contribution in [0.1, 0.15) is 29.7 Å². The van der Waals surface area contributed by atoms with E-state index < -0.39 is 46.1 Å². The van der Waals surface area contributed by atoms with Crippen LogP contribution < -0.4 is 10.2 Å². The maximum Gasteiger partial charge on any atom is 0.325 e. The summed E-state index contributed by atoms with van der Waals surface area (Å²) in [6.07, 6.45) is 0.649. The Balaban J connectivity index is 1.61. The van der Waals surface area contributed by atoms with Crippen molar-refractivity contribution in [2.75, 3.05) is 4.90 Å². The molecule has 5 rings (SSSR count). The number of carboxylic acid groups (broad SMARTS) is 1. The SMILES string of the molecule is CCc1ccc(N2C(=O)C3C(c4ccc(Br)cc4)NC(Cc4ccc([N+](=O)[O-])cc4)(C(=O)O)C3C2=O)cc1. The largest absolute Gasteiger partial charge is 0.480 e. The standard InChI is InChI=1S/C28H24BrN3O6/c1-2-16-3-11-20(12-4-16)31-25(33)22-23(26(31)34)28(27(35)36,15-17-5-13-21(14-6-17)32(37)38)30-24(22)18-7-9-19(29)10-8-18/h3-14,22-24,30H,2,15H2,1H3,(H,35,36). The average molecular weight is 578 g/mol. The number of aryl methyl sites for hydroxylation is 1. The van der Waals surface area contributed by atoms with Crippen LogP contribution in [0.4, 0.5) is 11.4 Å². The van der Waals surface area contributed by atoms with Crippen molar-refractivity contribution in [3.05, 3.63) is 104 Å². The summed E-state index contributed by atoms with van der Waals surface area (Å²) in [6.45, 7) is 2.00. The minimum Gasteiger partial charge on any atom is -0.480 e. The summed E-state index contributed by atoms with van der Waals surface area (Å²) in [7, 11) is 0. The van der Waals surface area contributed by atoms with Gasteiger partial charge in [0.2, 0.25) is 11.8 Å². The summed E-state index contributed by atoms with van der Waals surface area (Å²) in [5, 5.41) is 24.9. The van der Waals surface area contributed by atoms with Crippen molar-refractivity contribution in [1.82, 2.24) is 5.32 Å². The van der Waals surface area contributed by atoms with Crippen molar-refractivity contribution in [3.8, 4) is 0 Å². The maximum atomic E-state index is 13.9. The fourth-order valence-corrected chi connectivity index (χ4v) is 5.85. The van der Waals surface area contributed by atoms with E-state index in [1.807, 2.05) is 19.1 Å². The van der Waals surface area contributed by atoms with Gasteiger partial charge in [-0.05, 0) is 47.4 Å². The lowest BCUT2D eigenvalue weighted by Crippen LogP contribution is -2.57. The molecule has 2 aliphatic rings. The molecular weight excluding hydrogens is 554 g/mol. The molecule has 2 N–H and O–H groups in total. The number of hydrogen-bond donors (Lipinski definition) is 2. The highest BCUT2D eigenvalue weighted by Gasteiger charge is 2.68. The number of nitro groups is 1. The zero-order valence-corrected chi connectivity index (χ0v) is 21.9. The fraction of sp³-hybridized carbons (Fsp3) is 0.250. The van der Waals surface area contributed by atoms with Gasteiger partial charge in [-0.15, -0.1) is 0 Å². The smallest absolute Gasteiger partial charge is 0.325 e. The Morgan fingerprint density at radius 1 is 1.00 bits per heavy atom. The third kappa shape index (κ3) is 4.19. The monoisotopic (exact) mass is 577 g/mol. The molecule has 194 valence electrons. The summed E-state index contributed by atoms with van der Waals surface area (Å²) in [6, 6.07) is 19.1. The van der Waals surface area contributed by atoms with Gasteiger partial charge in [-0.2, -0.15) is 0 Å². The van der Waals surface area contributed by atoms with E-state index in [9.17, 15) is 29.6 Å². The van der Waals surface area contributed by atoms with Crippen molar-refractivity contribution in [2.24, 2.45) is 11.8 Å². The number of halogens is 1. The van der Waals surface area contributed by atoms with E-state index in [4.69, 9.17) is 0 Å². The van der Waals surface area contributed by atoms with E-state index in [1.165, 1.54) is 24.3 Å². The van der Waals surface area contributed by atoms with Crippen LogP contribution in [0.25, 0.3) is 0 Å². The fourth-order valence-electron chi connectivity index (χ4n) is 5.59. The zero-order chi connectivity index (χ0) is 27.2. The Labute approximate surface area is 226 Å². The van der Waals surface area contributed by atoms with Crippen molar-refractivity contribution >= 4 is 45.1 Å². The minimum absolute atomic E-state index is 0.128. The van der Waals surface area contributed by atoms with E-state index in [0.29, 0.717) is 16.8 Å². The predicted molar refractivity (Wildman–Crippen MR) is 142 cm³/mol. The van der Waals surface area contributed by atoms with Gasteiger partial charge in [0, 0.05) is 29.1 Å². The van der Waals surface area contributed by atoms with Gasteiger partial charge in [-0.3, -0.25) is 29.8 Å². The van der Waals surface area contributed by atoms with E-state index in [-0.39, 0.29) is 12.1 Å². The first-order valence-electron chi connectivity index (χ1n) is 12.1. The number of anilines is 1. The quantitative estimate of drug-likeness (QED) is 0.241. The van der Waals surface area contributed by atoms with Crippen LogP contribution in [-0.2, 0) is 27.2 Å². The molecule has 0 aliphatic carbocycles. The number of hydrogen-bond acceptors (Lipinski definition) is 6. The first-order valence-corrected chi connectivity index (χ1v) is 12.9. The van der Waals surface area contributed by atoms with Crippen LogP contribution in [0, 0.1) is 22.0 Å². The van der Waals surface area contributed by atoms with Crippen LogP contribution >= 0.6 is 15.9 Å². The number of carbonyl (C=O) groups is 3. The molecule has 0 aromatic heterocycles. The van der Waals surface area contributed by atoms with E-state index in [0.717, 1.165) is 21.4 Å². The van der Waals surface area contributed by atoms with Crippen molar-refractivity contribution in [3.63, 3.8) is 0 Å². The molecule has 0 spiro atoms. The Bertz CT molecular complexity index is 1420. The van der Waals surface area contributed by atoms with Gasteiger partial charge < -0.3 is 5.11 Å². The van der Waals surface area contributed by atoms with E-state index >= 15 is 0 Å². The molecule has 2 aliphatic heterocycles. The highest BCUT2D eigenvalue weighted by Crippen LogP contribution is 2.51. The summed E-state index contributed by atoms with van der Waals surface area (Å²) in [5.74, 6) is -4.46. The highest BCUT2D eigenvalue weighted by molar-refractivity contribution is 9.10. The van der Waals surface area contributed by atoms with Gasteiger partial charge in [0.25, 0.3) is 5.69 Å². The number of carboxylic acids is 1. The number of benzene rings is 3. The lowest BCUT2D eigenvalue weighted by Gasteiger charge is -2.31. The van der Waals surface area contributed by atoms with Crippen LogP contribution in [-0.4, -0.2) is 33.4 Å². The van der Waals surface area contributed by atoms with Gasteiger partial charge in [-0.1, -0.05) is 59.3 Å². The number of nitrogens with zero attached hydrogens (tertiary/aromatic N) is 2. The van der Waals surface area contributed by atoms with E-state index in [2.05, 4.69) is 21.2 Å². The molecule has 2 amide bonds. The van der Waals surface area contributed by atoms with E-state index in [1.54, 1.807) is 36.4 Å². The number of rotatable bonds is 7. The third-order valence-corrected chi connectivity index (χ3v) is 8.03. The normalized spacial score (nSPS) is 24.5. The zero-order valence-electron chi connectivity index (χ0n) is 20.3. The molecule has 0 bridgehead atoms. The number of amides is 2. The highest BCUT2D eigenvalue weighted by atomic mass is 79.9. The number of nitrogens with one attached hydrogen (secondary N) is 1.